The number of nitro groups is 1. The summed E-state index contributed by atoms with van der Waals surface area (Å²) in [6.45, 7) is 1.75. The molecule has 0 aliphatic carbocycles. The predicted molar refractivity (Wildman–Crippen MR) is 72.6 cm³/mol. The summed E-state index contributed by atoms with van der Waals surface area (Å²) in [5.74, 6) is 0.284. The van der Waals surface area contributed by atoms with E-state index in [0.717, 1.165) is 0 Å². The Morgan fingerprint density at radius 1 is 1.43 bits per heavy atom. The summed E-state index contributed by atoms with van der Waals surface area (Å²) in [4.78, 5) is 10.1. The fourth-order valence-electron chi connectivity index (χ4n) is 1.86. The summed E-state index contributed by atoms with van der Waals surface area (Å²) in [5.41, 5.74) is 0.407. The second-order valence-electron chi connectivity index (χ2n) is 4.69. The number of nitro benzene ring substituents is 1. The monoisotopic (exact) mass is 306 g/mol. The number of benzene rings is 1. The molecule has 1 N–H and O–H groups in total. The van der Waals surface area contributed by atoms with Crippen molar-refractivity contribution in [2.24, 2.45) is 0 Å². The number of nitrogens with one attached hydrogen (secondary N) is 1. The fraction of sp³-hybridized carbons (Fsp3) is 0.538. The van der Waals surface area contributed by atoms with Crippen molar-refractivity contribution in [3.8, 4) is 5.75 Å². The van der Waals surface area contributed by atoms with Crippen molar-refractivity contribution in [2.45, 2.75) is 38.4 Å². The standard InChI is InChI=1S/C13H17F3N2O3/c1-9(4-3-7-13(14,15)16)17-11-6-5-10(18(19)20)8-12(11)21-2/h5-6,8-9,17H,3-4,7H2,1-2H3. The van der Waals surface area contributed by atoms with E-state index in [-0.39, 0.29) is 23.9 Å². The van der Waals surface area contributed by atoms with Crippen LogP contribution in [0, 0.1) is 10.1 Å². The molecule has 0 radical (unpaired) electrons. The fourth-order valence-corrected chi connectivity index (χ4v) is 1.86. The smallest absolute Gasteiger partial charge is 0.389 e. The van der Waals surface area contributed by atoms with Crippen LogP contribution >= 0.6 is 0 Å². The van der Waals surface area contributed by atoms with E-state index in [1.807, 2.05) is 0 Å². The third kappa shape index (κ3) is 5.88. The van der Waals surface area contributed by atoms with E-state index in [2.05, 4.69) is 5.32 Å². The molecule has 1 aromatic rings. The third-order valence-electron chi connectivity index (χ3n) is 2.90. The van der Waals surface area contributed by atoms with Gasteiger partial charge in [-0.05, 0) is 25.8 Å². The van der Waals surface area contributed by atoms with Crippen molar-refractivity contribution in [1.82, 2.24) is 0 Å². The molecule has 0 spiro atoms. The summed E-state index contributed by atoms with van der Waals surface area (Å²) in [7, 11) is 1.37. The zero-order valence-electron chi connectivity index (χ0n) is 11.7. The van der Waals surface area contributed by atoms with Gasteiger partial charge in [0.05, 0.1) is 23.8 Å². The molecule has 0 fully saturated rings. The number of non-ortho nitro benzene ring substituents is 1. The molecule has 0 saturated carbocycles. The number of alkyl halides is 3. The maximum Gasteiger partial charge on any atom is 0.389 e. The molecule has 21 heavy (non-hydrogen) atoms. The van der Waals surface area contributed by atoms with Gasteiger partial charge in [0, 0.05) is 18.5 Å². The van der Waals surface area contributed by atoms with Gasteiger partial charge >= 0.3 is 6.18 Å². The van der Waals surface area contributed by atoms with Crippen LogP contribution < -0.4 is 10.1 Å². The minimum atomic E-state index is -4.15. The minimum absolute atomic E-state index is 0.0208. The summed E-state index contributed by atoms with van der Waals surface area (Å²) in [5, 5.41) is 13.7. The van der Waals surface area contributed by atoms with E-state index in [1.165, 1.54) is 25.3 Å². The third-order valence-corrected chi connectivity index (χ3v) is 2.90. The van der Waals surface area contributed by atoms with Gasteiger partial charge in [0.15, 0.2) is 0 Å². The Morgan fingerprint density at radius 3 is 2.62 bits per heavy atom. The van der Waals surface area contributed by atoms with Gasteiger partial charge in [-0.25, -0.2) is 0 Å². The zero-order valence-corrected chi connectivity index (χ0v) is 11.7. The molecule has 1 aromatic carbocycles. The van der Waals surface area contributed by atoms with Crippen LogP contribution in [0.15, 0.2) is 18.2 Å². The molecular weight excluding hydrogens is 289 g/mol. The first-order valence-electron chi connectivity index (χ1n) is 6.38. The van der Waals surface area contributed by atoms with Crippen molar-refractivity contribution in [1.29, 1.82) is 0 Å². The van der Waals surface area contributed by atoms with Crippen molar-refractivity contribution in [2.75, 3.05) is 12.4 Å². The van der Waals surface area contributed by atoms with Crippen molar-refractivity contribution in [3.05, 3.63) is 28.3 Å². The lowest BCUT2D eigenvalue weighted by Gasteiger charge is -2.17. The molecule has 1 rings (SSSR count). The molecule has 0 aromatic heterocycles. The molecule has 0 saturated heterocycles. The Morgan fingerprint density at radius 2 is 2.10 bits per heavy atom. The molecule has 0 amide bonds. The largest absolute Gasteiger partial charge is 0.494 e. The highest BCUT2D eigenvalue weighted by Crippen LogP contribution is 2.30. The van der Waals surface area contributed by atoms with Gasteiger partial charge in [0.2, 0.25) is 0 Å². The Bertz CT molecular complexity index is 492. The maximum absolute atomic E-state index is 12.1. The van der Waals surface area contributed by atoms with Gasteiger partial charge in [-0.1, -0.05) is 0 Å². The molecule has 5 nitrogen and oxygen atoms in total. The molecule has 0 heterocycles. The molecule has 1 atom stereocenters. The highest BCUT2D eigenvalue weighted by molar-refractivity contribution is 5.61. The molecular formula is C13H17F3N2O3. The van der Waals surface area contributed by atoms with Crippen molar-refractivity contribution >= 4 is 11.4 Å². The van der Waals surface area contributed by atoms with Gasteiger partial charge in [0.1, 0.15) is 5.75 Å². The number of halogens is 3. The highest BCUT2D eigenvalue weighted by atomic mass is 19.4. The molecule has 0 aliphatic rings. The lowest BCUT2D eigenvalue weighted by atomic mass is 10.1. The Kier molecular flexibility index (Phi) is 5.80. The van der Waals surface area contributed by atoms with E-state index < -0.39 is 17.5 Å². The van der Waals surface area contributed by atoms with E-state index in [0.29, 0.717) is 12.1 Å². The Labute approximate surface area is 120 Å². The maximum atomic E-state index is 12.1. The van der Waals surface area contributed by atoms with Crippen molar-refractivity contribution in [3.63, 3.8) is 0 Å². The van der Waals surface area contributed by atoms with Gasteiger partial charge in [-0.3, -0.25) is 10.1 Å². The van der Waals surface area contributed by atoms with Gasteiger partial charge in [-0.15, -0.1) is 0 Å². The van der Waals surface area contributed by atoms with Crippen LogP contribution in [-0.4, -0.2) is 24.3 Å². The van der Waals surface area contributed by atoms with Gasteiger partial charge in [0.25, 0.3) is 5.69 Å². The lowest BCUT2D eigenvalue weighted by Crippen LogP contribution is -2.17. The number of nitrogens with zero attached hydrogens (tertiary/aromatic N) is 1. The zero-order chi connectivity index (χ0) is 16.0. The first kappa shape index (κ1) is 17.1. The summed E-state index contributed by atoms with van der Waals surface area (Å²) >= 11 is 0. The quantitative estimate of drug-likeness (QED) is 0.607. The summed E-state index contributed by atoms with van der Waals surface area (Å²) in [6, 6.07) is 3.86. The SMILES string of the molecule is COc1cc([N+](=O)[O-])ccc1NC(C)CCCC(F)(F)F. The number of anilines is 1. The van der Waals surface area contributed by atoms with E-state index in [9.17, 15) is 23.3 Å². The highest BCUT2D eigenvalue weighted by Gasteiger charge is 2.26. The topological polar surface area (TPSA) is 64.4 Å². The molecule has 8 heteroatoms. The number of ether oxygens (including phenoxy) is 1. The van der Waals surface area contributed by atoms with Crippen LogP contribution in [0.1, 0.15) is 26.2 Å². The molecule has 118 valence electrons. The summed E-state index contributed by atoms with van der Waals surface area (Å²) < 4.78 is 41.3. The average molecular weight is 306 g/mol. The minimum Gasteiger partial charge on any atom is -0.494 e. The second kappa shape index (κ2) is 7.14. The second-order valence-corrected chi connectivity index (χ2v) is 4.69. The van der Waals surface area contributed by atoms with Crippen LogP contribution in [0.25, 0.3) is 0 Å². The van der Waals surface area contributed by atoms with Crippen LogP contribution in [0.3, 0.4) is 0 Å². The number of hydrogen-bond donors (Lipinski definition) is 1. The van der Waals surface area contributed by atoms with E-state index >= 15 is 0 Å². The van der Waals surface area contributed by atoms with Crippen LogP contribution in [0.4, 0.5) is 24.5 Å². The predicted octanol–water partition coefficient (Wildman–Crippen LogP) is 4.14. The lowest BCUT2D eigenvalue weighted by molar-refractivity contribution is -0.384. The van der Waals surface area contributed by atoms with Crippen LogP contribution in [0.2, 0.25) is 0 Å². The first-order chi connectivity index (χ1) is 9.73. The van der Waals surface area contributed by atoms with Crippen LogP contribution in [0.5, 0.6) is 5.75 Å². The number of methoxy groups -OCH3 is 1. The number of rotatable bonds is 7. The first-order valence-corrected chi connectivity index (χ1v) is 6.38. The van der Waals surface area contributed by atoms with E-state index in [1.54, 1.807) is 6.92 Å². The van der Waals surface area contributed by atoms with Gasteiger partial charge < -0.3 is 10.1 Å². The molecule has 0 bridgehead atoms. The molecule has 0 aliphatic heterocycles. The van der Waals surface area contributed by atoms with E-state index in [4.69, 9.17) is 4.74 Å². The van der Waals surface area contributed by atoms with Gasteiger partial charge in [-0.2, -0.15) is 13.2 Å². The van der Waals surface area contributed by atoms with Crippen molar-refractivity contribution < 1.29 is 22.8 Å². The number of hydrogen-bond acceptors (Lipinski definition) is 4. The molecule has 1 unspecified atom stereocenters. The Hall–Kier alpha value is -1.99. The summed E-state index contributed by atoms with van der Waals surface area (Å²) in [6.07, 6.45) is -4.62. The normalized spacial score (nSPS) is 12.8. The Balaban J connectivity index is 2.63. The average Bonchev–Trinajstić information content (AvgIpc) is 2.37. The van der Waals surface area contributed by atoms with Crippen LogP contribution in [-0.2, 0) is 0 Å².